The van der Waals surface area contributed by atoms with Crippen molar-refractivity contribution in [1.29, 1.82) is 0 Å². The van der Waals surface area contributed by atoms with Crippen molar-refractivity contribution >= 4 is 19.8 Å². The van der Waals surface area contributed by atoms with Crippen molar-refractivity contribution in [1.82, 2.24) is 0 Å². The largest absolute Gasteiger partial charge is 0.472 e. The van der Waals surface area contributed by atoms with E-state index in [4.69, 9.17) is 18.5 Å². The maximum absolute atomic E-state index is 12.8. The van der Waals surface area contributed by atoms with Crippen LogP contribution in [0.4, 0.5) is 0 Å². The number of unbranched alkanes of at least 4 members (excludes halogenated alkanes) is 40. The second-order valence-electron chi connectivity index (χ2n) is 22.4. The predicted molar refractivity (Wildman–Crippen MR) is 307 cm³/mol. The monoisotopic (exact) mass is 1040 g/mol. The maximum Gasteiger partial charge on any atom is 0.472 e. The fraction of sp³-hybridized carbons (Fsp3) is 0.903. The fourth-order valence-corrected chi connectivity index (χ4v) is 9.87. The lowest BCUT2D eigenvalue weighted by molar-refractivity contribution is -0.870. The first-order valence-electron chi connectivity index (χ1n) is 31.1. The van der Waals surface area contributed by atoms with Crippen molar-refractivity contribution in [3.05, 3.63) is 24.3 Å². The van der Waals surface area contributed by atoms with Crippen LogP contribution in [0, 0.1) is 0 Å². The molecule has 2 atom stereocenters. The van der Waals surface area contributed by atoms with Crippen LogP contribution in [0.3, 0.4) is 0 Å². The molecule has 0 saturated carbocycles. The number of likely N-dealkylation sites (N-methyl/N-ethyl adjacent to an activating group) is 1. The van der Waals surface area contributed by atoms with Gasteiger partial charge in [0.05, 0.1) is 27.7 Å². The second-order valence-corrected chi connectivity index (χ2v) is 23.9. The molecular weight excluding hydrogens is 918 g/mol. The summed E-state index contributed by atoms with van der Waals surface area (Å²) in [6.07, 6.45) is 65.4. The quantitative estimate of drug-likeness (QED) is 0.0211. The molecule has 0 saturated heterocycles. The summed E-state index contributed by atoms with van der Waals surface area (Å²) in [5, 5.41) is 0. The Bertz CT molecular complexity index is 1270. The first kappa shape index (κ1) is 70.5. The lowest BCUT2D eigenvalue weighted by Crippen LogP contribution is -2.37. The van der Waals surface area contributed by atoms with E-state index >= 15 is 0 Å². The van der Waals surface area contributed by atoms with Gasteiger partial charge in [-0.1, -0.05) is 256 Å². The molecule has 0 rings (SSSR count). The smallest absolute Gasteiger partial charge is 0.462 e. The Balaban J connectivity index is 4.06. The lowest BCUT2D eigenvalue weighted by Gasteiger charge is -2.24. The number of ether oxygens (including phenoxy) is 2. The minimum atomic E-state index is -4.38. The summed E-state index contributed by atoms with van der Waals surface area (Å²) in [6, 6.07) is 0. The third kappa shape index (κ3) is 57.8. The van der Waals surface area contributed by atoms with Gasteiger partial charge in [0.2, 0.25) is 0 Å². The molecule has 0 radical (unpaired) electrons. The zero-order chi connectivity index (χ0) is 52.7. The van der Waals surface area contributed by atoms with Gasteiger partial charge < -0.3 is 18.9 Å². The Morgan fingerprint density at radius 3 is 1.03 bits per heavy atom. The third-order valence-electron chi connectivity index (χ3n) is 14.0. The van der Waals surface area contributed by atoms with Crippen molar-refractivity contribution in [3.63, 3.8) is 0 Å². The predicted octanol–water partition coefficient (Wildman–Crippen LogP) is 19.4. The number of hydrogen-bond acceptors (Lipinski definition) is 7. The molecule has 0 aliphatic rings. The Morgan fingerprint density at radius 2 is 0.708 bits per heavy atom. The zero-order valence-corrected chi connectivity index (χ0v) is 49.3. The minimum absolute atomic E-state index is 0.0341. The first-order valence-corrected chi connectivity index (χ1v) is 32.6. The summed E-state index contributed by atoms with van der Waals surface area (Å²) in [6.45, 7) is 4.48. The van der Waals surface area contributed by atoms with E-state index in [2.05, 4.69) is 38.2 Å². The molecule has 10 heteroatoms. The van der Waals surface area contributed by atoms with Crippen molar-refractivity contribution in [2.45, 2.75) is 315 Å². The molecule has 0 aliphatic carbocycles. The summed E-state index contributed by atoms with van der Waals surface area (Å²) >= 11 is 0. The normalized spacial score (nSPS) is 13.4. The van der Waals surface area contributed by atoms with Gasteiger partial charge in [0.25, 0.3) is 0 Å². The van der Waals surface area contributed by atoms with E-state index in [9.17, 15) is 19.0 Å². The minimum Gasteiger partial charge on any atom is -0.462 e. The SMILES string of the molecule is CCCCCCCC/C=C\CCCCCCCCCCCC(=O)OCC(COP(=O)(O)OCC[N+](C)(C)C)OC(=O)CCCCCCCCCCCCCCCCCCC/C=C\CCCCCCCCCC. The van der Waals surface area contributed by atoms with Crippen LogP contribution in [0.1, 0.15) is 309 Å². The Hall–Kier alpha value is -1.51. The lowest BCUT2D eigenvalue weighted by atomic mass is 10.0. The van der Waals surface area contributed by atoms with Gasteiger partial charge in [-0.05, 0) is 64.2 Å². The third-order valence-corrected chi connectivity index (χ3v) is 14.9. The highest BCUT2D eigenvalue weighted by molar-refractivity contribution is 7.47. The standard InChI is InChI=1S/C62H120NO8P/c1-6-8-10-12-14-16-18-20-22-24-26-27-28-29-30-31-32-33-34-35-37-39-41-43-45-47-49-51-53-55-62(65)71-60(59-70-72(66,67)69-57-56-63(3,4)5)58-68-61(64)54-52-50-48-46-44-42-40-38-36-25-23-21-19-17-15-13-11-9-7-2/h21,23-24,26,60H,6-20,22,25,27-59H2,1-5H3/p+1/b23-21-,26-24-. The summed E-state index contributed by atoms with van der Waals surface area (Å²) in [4.78, 5) is 35.7. The van der Waals surface area contributed by atoms with Crippen LogP contribution in [0.15, 0.2) is 24.3 Å². The van der Waals surface area contributed by atoms with E-state index < -0.39 is 26.5 Å². The fourth-order valence-electron chi connectivity index (χ4n) is 9.13. The van der Waals surface area contributed by atoms with Crippen LogP contribution >= 0.6 is 7.82 Å². The van der Waals surface area contributed by atoms with Crippen LogP contribution in [0.25, 0.3) is 0 Å². The Labute approximate surface area is 447 Å². The molecule has 426 valence electrons. The first-order chi connectivity index (χ1) is 35.0. The number of allylic oxidation sites excluding steroid dienone is 4. The van der Waals surface area contributed by atoms with Gasteiger partial charge >= 0.3 is 19.8 Å². The highest BCUT2D eigenvalue weighted by atomic mass is 31.2. The van der Waals surface area contributed by atoms with Crippen LogP contribution in [0.5, 0.6) is 0 Å². The summed E-state index contributed by atoms with van der Waals surface area (Å²) in [5.74, 6) is -0.783. The Morgan fingerprint density at radius 1 is 0.417 bits per heavy atom. The van der Waals surface area contributed by atoms with E-state index in [-0.39, 0.29) is 25.6 Å². The number of carbonyl (C=O) groups is 2. The number of quaternary nitrogens is 1. The molecule has 2 unspecified atom stereocenters. The Kier molecular flexibility index (Phi) is 53.1. The van der Waals surface area contributed by atoms with Crippen LogP contribution < -0.4 is 0 Å². The molecular formula is C62H121NO8P+. The van der Waals surface area contributed by atoms with E-state index in [1.807, 2.05) is 21.1 Å². The molecule has 0 aromatic heterocycles. The van der Waals surface area contributed by atoms with E-state index in [1.54, 1.807) is 0 Å². The van der Waals surface area contributed by atoms with Crippen molar-refractivity contribution in [3.8, 4) is 0 Å². The van der Waals surface area contributed by atoms with Crippen LogP contribution in [-0.2, 0) is 32.7 Å². The summed E-state index contributed by atoms with van der Waals surface area (Å²) < 4.78 is 34.6. The van der Waals surface area contributed by atoms with Gasteiger partial charge in [-0.3, -0.25) is 18.6 Å². The topological polar surface area (TPSA) is 108 Å². The molecule has 0 spiro atoms. The number of esters is 2. The molecule has 0 aliphatic heterocycles. The van der Waals surface area contributed by atoms with E-state index in [0.717, 1.165) is 32.1 Å². The van der Waals surface area contributed by atoms with Gasteiger partial charge in [-0.15, -0.1) is 0 Å². The molecule has 0 bridgehead atoms. The molecule has 0 aromatic rings. The van der Waals surface area contributed by atoms with Gasteiger partial charge in [0.15, 0.2) is 6.10 Å². The summed E-state index contributed by atoms with van der Waals surface area (Å²) in [7, 11) is 1.49. The molecule has 0 fully saturated rings. The number of carbonyl (C=O) groups excluding carboxylic acids is 2. The van der Waals surface area contributed by atoms with Crippen LogP contribution in [-0.4, -0.2) is 74.9 Å². The second kappa shape index (κ2) is 54.3. The number of nitrogens with zero attached hydrogens (tertiary/aromatic N) is 1. The van der Waals surface area contributed by atoms with Crippen molar-refractivity contribution in [2.24, 2.45) is 0 Å². The van der Waals surface area contributed by atoms with Crippen molar-refractivity contribution < 1.29 is 42.1 Å². The molecule has 9 nitrogen and oxygen atoms in total. The van der Waals surface area contributed by atoms with Gasteiger partial charge in [-0.25, -0.2) is 4.57 Å². The number of phosphoric ester groups is 1. The number of rotatable bonds is 58. The number of phosphoric acid groups is 1. The molecule has 0 aromatic carbocycles. The highest BCUT2D eigenvalue weighted by Crippen LogP contribution is 2.43. The average Bonchev–Trinajstić information content (AvgIpc) is 3.34. The molecule has 72 heavy (non-hydrogen) atoms. The summed E-state index contributed by atoms with van der Waals surface area (Å²) in [5.41, 5.74) is 0. The van der Waals surface area contributed by atoms with Crippen LogP contribution in [0.2, 0.25) is 0 Å². The van der Waals surface area contributed by atoms with Gasteiger partial charge in [0.1, 0.15) is 19.8 Å². The average molecular weight is 1040 g/mol. The molecule has 1 N–H and O–H groups in total. The zero-order valence-electron chi connectivity index (χ0n) is 48.4. The van der Waals surface area contributed by atoms with Gasteiger partial charge in [-0.2, -0.15) is 0 Å². The maximum atomic E-state index is 12.8. The van der Waals surface area contributed by atoms with E-state index in [1.165, 1.54) is 244 Å². The number of hydrogen-bond donors (Lipinski definition) is 1. The molecule has 0 heterocycles. The highest BCUT2D eigenvalue weighted by Gasteiger charge is 2.27. The van der Waals surface area contributed by atoms with E-state index in [0.29, 0.717) is 23.9 Å². The molecule has 0 amide bonds. The van der Waals surface area contributed by atoms with Crippen molar-refractivity contribution in [2.75, 3.05) is 47.5 Å². The van der Waals surface area contributed by atoms with Gasteiger partial charge in [0, 0.05) is 12.8 Å².